The van der Waals surface area contributed by atoms with E-state index in [4.69, 9.17) is 63.1 Å². The lowest BCUT2D eigenvalue weighted by Crippen LogP contribution is -2.64. The van der Waals surface area contributed by atoms with Gasteiger partial charge in [-0.25, -0.2) is 0 Å². The molecule has 49 heteroatoms. The third-order valence-electron chi connectivity index (χ3n) is 26.3. The van der Waals surface area contributed by atoms with Crippen molar-refractivity contribution < 1.29 is 113 Å². The van der Waals surface area contributed by atoms with Crippen LogP contribution in [0.1, 0.15) is 148 Å². The van der Waals surface area contributed by atoms with Gasteiger partial charge in [0, 0.05) is 159 Å². The first-order valence-corrected chi connectivity index (χ1v) is 48.4. The topological polar surface area (TPSA) is 626 Å². The highest BCUT2D eigenvalue weighted by Gasteiger charge is 2.60. The quantitative estimate of drug-likeness (QED) is 0.0256. The molecule has 9 saturated heterocycles. The standard InChI is InChI=1S/C18H35BN4O6S.2C17H33BN4O6S.C15H29BN4O6S2/c20-18(17(24)25)13-22(12-15(18)7-4-8-19(26)27)30(28,29)23(16-9-21-10-16)11-14-5-2-1-3-6-14;19-17(16(23)24)12-21(11-14(17)6-3-7-18(25)26)29(27,28)22(15-8-20-9-15)10-13-4-1-2-5-13;19-17(16(23)24)12-21(11-13(17)5-4-8-18(25)26)29(27,28)22(15-9-20-10-15)14-6-2-1-3-7-14;17-15(14(21)22)10-19(8-11(15)2-1-4-16(23)24)28(25,26)20(13-6-18-7-13)12-3-5-27-9-12/h14-16,21,26-27H,1-13,20H2,(H,24,25);2*13-15,20,25-26H,1-12,19H2,(H,23,24);11-13,18,23-24H,1-10,17H2,(H,21,22)/t15-,18-;14-,17-;13-,17-;11-,12?,15-/m0000/s1. The smallest absolute Gasteiger partial charge is 0.451 e. The first kappa shape index (κ1) is 97.1. The number of nitrogens with zero attached hydrogens (tertiary/aromatic N) is 8. The van der Waals surface area contributed by atoms with Crippen molar-refractivity contribution in [1.82, 2.24) is 55.7 Å². The van der Waals surface area contributed by atoms with E-state index in [0.29, 0.717) is 129 Å². The van der Waals surface area contributed by atoms with Gasteiger partial charge in [-0.05, 0) is 113 Å². The fourth-order valence-corrected chi connectivity index (χ4v) is 28.1. The zero-order valence-electron chi connectivity index (χ0n) is 66.7. The number of nitrogens with one attached hydrogen (secondary N) is 4. The van der Waals surface area contributed by atoms with Gasteiger partial charge in [0.1, 0.15) is 22.2 Å². The molecule has 0 amide bonds. The lowest BCUT2D eigenvalue weighted by molar-refractivity contribution is -0.145. The van der Waals surface area contributed by atoms with E-state index in [-0.39, 0.29) is 114 Å². The van der Waals surface area contributed by atoms with Gasteiger partial charge in [-0.15, -0.1) is 0 Å². The van der Waals surface area contributed by atoms with E-state index >= 15 is 0 Å². The van der Waals surface area contributed by atoms with Gasteiger partial charge in [-0.3, -0.25) is 19.2 Å². The maximum absolute atomic E-state index is 13.6. The number of thioether (sulfide) groups is 1. The zero-order chi connectivity index (χ0) is 84.9. The molecule has 0 bridgehead atoms. The van der Waals surface area contributed by atoms with E-state index < -0.39 is 139 Å². The molecule has 0 aromatic rings. The Balaban J connectivity index is 0.000000177. The number of carboxylic acid groups (broad SMARTS) is 4. The molecule has 664 valence electrons. The van der Waals surface area contributed by atoms with E-state index in [9.17, 15) is 73.3 Å². The van der Waals surface area contributed by atoms with Gasteiger partial charge in [0.2, 0.25) is 0 Å². The van der Waals surface area contributed by atoms with Gasteiger partial charge in [0.15, 0.2) is 0 Å². The lowest BCUT2D eigenvalue weighted by atomic mass is 9.78. The van der Waals surface area contributed by atoms with Crippen LogP contribution in [0.25, 0.3) is 0 Å². The average Bonchev–Trinajstić information content (AvgIpc) is 1.60. The molecule has 9 atom stereocenters. The highest BCUT2D eigenvalue weighted by atomic mass is 32.2. The van der Waals surface area contributed by atoms with Crippen LogP contribution in [0.5, 0.6) is 0 Å². The van der Waals surface area contributed by atoms with Crippen LogP contribution in [-0.4, -0.2) is 369 Å². The number of carboxylic acids is 4. The van der Waals surface area contributed by atoms with Crippen molar-refractivity contribution in [2.45, 2.75) is 231 Å². The maximum Gasteiger partial charge on any atom is 0.451 e. The molecular weight excluding hydrogens is 1620 g/mol. The van der Waals surface area contributed by atoms with Crippen molar-refractivity contribution >= 4 is 105 Å². The molecule has 40 nitrogen and oxygen atoms in total. The third-order valence-corrected chi connectivity index (χ3v) is 35.5. The predicted molar refractivity (Wildman–Crippen MR) is 436 cm³/mol. The normalized spacial score (nSPS) is 30.1. The van der Waals surface area contributed by atoms with E-state index in [1.54, 1.807) is 29.0 Å². The predicted octanol–water partition coefficient (Wildman–Crippen LogP) is -5.50. The van der Waals surface area contributed by atoms with Gasteiger partial charge in [-0.2, -0.15) is 79.9 Å². The number of hydrogen-bond acceptors (Lipinski definition) is 29. The Morgan fingerprint density at radius 3 is 0.862 bits per heavy atom. The number of carbonyl (C=O) groups is 4. The monoisotopic (exact) mass is 1750 g/mol. The molecule has 0 radical (unpaired) electrons. The second kappa shape index (κ2) is 42.3. The van der Waals surface area contributed by atoms with Crippen LogP contribution in [0, 0.1) is 35.5 Å². The fraction of sp³-hybridized carbons (Fsp3) is 0.940. The second-order valence-electron chi connectivity index (χ2n) is 34.5. The third kappa shape index (κ3) is 23.7. The largest absolute Gasteiger partial charge is 0.480 e. The average molecular weight is 1750 g/mol. The van der Waals surface area contributed by atoms with Gasteiger partial charge in [0.05, 0.1) is 24.2 Å². The van der Waals surface area contributed by atoms with Crippen molar-refractivity contribution in [3.05, 3.63) is 0 Å². The van der Waals surface area contributed by atoms with E-state index in [1.165, 1.54) is 23.6 Å². The SMILES string of the molecule is N[C@@]1(C(=O)O)CN(S(=O)(=O)N(C2CCCCC2)C2CNC2)C[C@@H]1CCCB(O)O.N[C@@]1(C(=O)O)CN(S(=O)(=O)N(C2CNC2)C2CCSC2)C[C@@H]1CCCB(O)O.N[C@@]1(C(=O)O)CN(S(=O)(=O)N(CC2CCCC2)C2CNC2)C[C@@H]1CCCB(O)O.N[C@@]1(C(=O)O)CN(S(=O)(=O)N(CC2CCCCC2)C2CNC2)C[C@@H]1CCCB(O)O. The summed E-state index contributed by atoms with van der Waals surface area (Å²) < 4.78 is 120. The highest BCUT2D eigenvalue weighted by Crippen LogP contribution is 2.42. The van der Waals surface area contributed by atoms with Crippen LogP contribution in [0.2, 0.25) is 25.3 Å². The molecule has 0 spiro atoms. The van der Waals surface area contributed by atoms with Gasteiger partial charge in [0.25, 0.3) is 40.8 Å². The minimum Gasteiger partial charge on any atom is -0.480 e. The summed E-state index contributed by atoms with van der Waals surface area (Å²) in [6.45, 7) is 4.82. The molecular formula is C67H130B4N16O24S5. The number of hydrogen-bond donors (Lipinski definition) is 20. The van der Waals surface area contributed by atoms with Crippen LogP contribution < -0.4 is 44.2 Å². The van der Waals surface area contributed by atoms with Crippen LogP contribution in [0.3, 0.4) is 0 Å². The van der Waals surface area contributed by atoms with Gasteiger partial charge in [-0.1, -0.05) is 77.0 Å². The molecule has 9 aliphatic heterocycles. The Kier molecular flexibility index (Phi) is 35.5. The summed E-state index contributed by atoms with van der Waals surface area (Å²) in [6, 6.07) is -0.583. The number of aliphatic carboxylic acids is 4. The molecule has 116 heavy (non-hydrogen) atoms. The Hall–Kier alpha value is -2.67. The molecule has 9 heterocycles. The van der Waals surface area contributed by atoms with Crippen LogP contribution in [0.4, 0.5) is 0 Å². The molecule has 3 aliphatic carbocycles. The van der Waals surface area contributed by atoms with Crippen molar-refractivity contribution in [2.75, 3.05) is 129 Å². The van der Waals surface area contributed by atoms with Crippen molar-refractivity contribution in [2.24, 2.45) is 58.4 Å². The summed E-state index contributed by atoms with van der Waals surface area (Å²) in [6.07, 6.45) is 18.4. The fourth-order valence-electron chi connectivity index (χ4n) is 18.6. The van der Waals surface area contributed by atoms with E-state index in [2.05, 4.69) is 21.3 Å². The molecule has 3 saturated carbocycles. The lowest BCUT2D eigenvalue weighted by Gasteiger charge is -2.44. The number of rotatable bonds is 38. The van der Waals surface area contributed by atoms with Crippen molar-refractivity contribution in [1.29, 1.82) is 0 Å². The highest BCUT2D eigenvalue weighted by molar-refractivity contribution is 7.99. The molecule has 0 aromatic heterocycles. The van der Waals surface area contributed by atoms with Gasteiger partial charge < -0.3 is 105 Å². The number of nitrogens with two attached hydrogens (primary N) is 4. The summed E-state index contributed by atoms with van der Waals surface area (Å²) in [5.41, 5.74) is 18.0. The molecule has 0 aromatic carbocycles. The van der Waals surface area contributed by atoms with E-state index in [0.717, 1.165) is 101 Å². The Morgan fingerprint density at radius 1 is 0.362 bits per heavy atom. The summed E-state index contributed by atoms with van der Waals surface area (Å²) in [5, 5.41) is 124. The van der Waals surface area contributed by atoms with Crippen molar-refractivity contribution in [3.63, 3.8) is 0 Å². The summed E-state index contributed by atoms with van der Waals surface area (Å²) in [5.74, 6) is -4.89. The van der Waals surface area contributed by atoms with Crippen LogP contribution in [0.15, 0.2) is 0 Å². The second-order valence-corrected chi connectivity index (χ2v) is 43.1. The molecule has 1 unspecified atom stereocenters. The van der Waals surface area contributed by atoms with Gasteiger partial charge >= 0.3 is 52.4 Å². The molecule has 12 rings (SSSR count). The summed E-state index contributed by atoms with van der Waals surface area (Å²) in [4.78, 5) is 47.6. The summed E-state index contributed by atoms with van der Waals surface area (Å²) in [7, 11) is -21.3. The minimum absolute atomic E-state index is 0.0309. The molecule has 12 aliphatic rings. The molecule has 24 N–H and O–H groups in total. The Morgan fingerprint density at radius 2 is 0.621 bits per heavy atom. The Labute approximate surface area is 689 Å². The molecule has 12 fully saturated rings. The maximum atomic E-state index is 13.6. The first-order chi connectivity index (χ1) is 54.6. The van der Waals surface area contributed by atoms with Crippen molar-refractivity contribution in [3.8, 4) is 0 Å². The minimum atomic E-state index is -3.85. The van der Waals surface area contributed by atoms with Crippen LogP contribution >= 0.6 is 11.8 Å². The first-order valence-electron chi connectivity index (χ1n) is 41.7. The zero-order valence-corrected chi connectivity index (χ0v) is 70.7. The Bertz CT molecular complexity index is 3670. The van der Waals surface area contributed by atoms with E-state index in [1.807, 2.05) is 0 Å². The van der Waals surface area contributed by atoms with Crippen LogP contribution in [-0.2, 0) is 60.0 Å². The summed E-state index contributed by atoms with van der Waals surface area (Å²) >= 11 is 1.73.